The number of nitrogens with one attached hydrogen (secondary N) is 1. The first-order valence-electron chi connectivity index (χ1n) is 11.0. The third-order valence-electron chi connectivity index (χ3n) is 5.94. The highest BCUT2D eigenvalue weighted by molar-refractivity contribution is 5.94. The van der Waals surface area contributed by atoms with Gasteiger partial charge in [-0.1, -0.05) is 17.7 Å². The van der Waals surface area contributed by atoms with E-state index in [9.17, 15) is 9.59 Å². The van der Waals surface area contributed by atoms with Crippen LogP contribution in [0.25, 0.3) is 0 Å². The summed E-state index contributed by atoms with van der Waals surface area (Å²) < 4.78 is 5.84. The maximum Gasteiger partial charge on any atom is 0.243 e. The van der Waals surface area contributed by atoms with Gasteiger partial charge in [-0.3, -0.25) is 19.4 Å². The number of amides is 2. The average molecular weight is 417 g/mol. The minimum absolute atomic E-state index is 0.00957. The minimum Gasteiger partial charge on any atom is -0.373 e. The summed E-state index contributed by atoms with van der Waals surface area (Å²) in [6.45, 7) is 10.5. The lowest BCUT2D eigenvalue weighted by molar-refractivity contribution is -0.134. The van der Waals surface area contributed by atoms with Crippen LogP contribution in [0.2, 0.25) is 0 Å². The monoisotopic (exact) mass is 416 g/mol. The number of carbonyl (C=O) groups is 2. The summed E-state index contributed by atoms with van der Waals surface area (Å²) in [7, 11) is 1.70. The van der Waals surface area contributed by atoms with Gasteiger partial charge in [0.1, 0.15) is 0 Å². The number of morpholine rings is 1. The highest BCUT2D eigenvalue weighted by Gasteiger charge is 2.31. The fourth-order valence-corrected chi connectivity index (χ4v) is 4.48. The SMILES string of the molecule is Cc1ccc(NC(=O)CN(C)C(=O)CN2CCCC2CN2CC(C)OC(C)C2)cc1. The standard InChI is InChI=1S/C23H36N4O3/c1-17-7-9-20(10-8-17)24-22(28)15-25(4)23(29)16-27-11-5-6-21(27)14-26-12-18(2)30-19(3)13-26/h7-10,18-19,21H,5-6,11-16H2,1-4H3,(H,24,28). The van der Waals surface area contributed by atoms with Crippen molar-refractivity contribution >= 4 is 17.5 Å². The normalized spacial score (nSPS) is 25.3. The molecule has 3 rings (SSSR count). The van der Waals surface area contributed by atoms with Gasteiger partial charge in [0, 0.05) is 38.4 Å². The van der Waals surface area contributed by atoms with Crippen LogP contribution < -0.4 is 5.32 Å². The number of hydrogen-bond acceptors (Lipinski definition) is 5. The molecule has 2 aliphatic heterocycles. The molecule has 1 aromatic rings. The minimum atomic E-state index is -0.177. The van der Waals surface area contributed by atoms with Crippen LogP contribution in [0.3, 0.4) is 0 Å². The first-order valence-corrected chi connectivity index (χ1v) is 11.0. The molecule has 166 valence electrons. The zero-order valence-electron chi connectivity index (χ0n) is 18.8. The van der Waals surface area contributed by atoms with Gasteiger partial charge in [0.15, 0.2) is 0 Å². The lowest BCUT2D eigenvalue weighted by Gasteiger charge is -2.38. The molecule has 0 spiro atoms. The molecule has 2 amide bonds. The second-order valence-electron chi connectivity index (χ2n) is 8.91. The Morgan fingerprint density at radius 3 is 2.50 bits per heavy atom. The molecule has 30 heavy (non-hydrogen) atoms. The molecule has 2 aliphatic rings. The molecule has 0 aromatic heterocycles. The number of anilines is 1. The number of carbonyl (C=O) groups excluding carboxylic acids is 2. The molecule has 0 radical (unpaired) electrons. The van der Waals surface area contributed by atoms with E-state index in [1.807, 2.05) is 31.2 Å². The Morgan fingerprint density at radius 1 is 1.17 bits per heavy atom. The maximum absolute atomic E-state index is 12.7. The molecule has 0 bridgehead atoms. The Balaban J connectivity index is 1.46. The number of benzene rings is 1. The van der Waals surface area contributed by atoms with Gasteiger partial charge in [0.05, 0.1) is 25.3 Å². The molecular weight excluding hydrogens is 380 g/mol. The van der Waals surface area contributed by atoms with Gasteiger partial charge in [-0.2, -0.15) is 0 Å². The van der Waals surface area contributed by atoms with Crippen molar-refractivity contribution in [2.24, 2.45) is 0 Å². The zero-order chi connectivity index (χ0) is 21.7. The summed E-state index contributed by atoms with van der Waals surface area (Å²) in [5, 5.41) is 2.85. The topological polar surface area (TPSA) is 65.1 Å². The number of nitrogens with zero attached hydrogens (tertiary/aromatic N) is 3. The highest BCUT2D eigenvalue weighted by Crippen LogP contribution is 2.20. The van der Waals surface area contributed by atoms with Crippen LogP contribution >= 0.6 is 0 Å². The van der Waals surface area contributed by atoms with Gasteiger partial charge in [0.25, 0.3) is 0 Å². The van der Waals surface area contributed by atoms with Crippen molar-refractivity contribution in [3.63, 3.8) is 0 Å². The van der Waals surface area contributed by atoms with Crippen molar-refractivity contribution in [3.05, 3.63) is 29.8 Å². The Hall–Kier alpha value is -1.96. The van der Waals surface area contributed by atoms with Crippen LogP contribution in [-0.4, -0.2) is 91.1 Å². The Morgan fingerprint density at radius 2 is 1.83 bits per heavy atom. The number of likely N-dealkylation sites (N-methyl/N-ethyl adjacent to an activating group) is 1. The van der Waals surface area contributed by atoms with E-state index >= 15 is 0 Å². The predicted molar refractivity (Wildman–Crippen MR) is 118 cm³/mol. The van der Waals surface area contributed by atoms with E-state index in [0.29, 0.717) is 12.6 Å². The van der Waals surface area contributed by atoms with E-state index in [0.717, 1.165) is 50.3 Å². The smallest absolute Gasteiger partial charge is 0.243 e. The van der Waals surface area contributed by atoms with Gasteiger partial charge in [0.2, 0.25) is 11.8 Å². The Kier molecular flexibility index (Phi) is 7.86. The fourth-order valence-electron chi connectivity index (χ4n) is 4.48. The largest absolute Gasteiger partial charge is 0.373 e. The highest BCUT2D eigenvalue weighted by atomic mass is 16.5. The van der Waals surface area contributed by atoms with Gasteiger partial charge >= 0.3 is 0 Å². The van der Waals surface area contributed by atoms with E-state index in [2.05, 4.69) is 29.0 Å². The van der Waals surface area contributed by atoms with Crippen molar-refractivity contribution in [2.75, 3.05) is 51.6 Å². The summed E-state index contributed by atoms with van der Waals surface area (Å²) in [6, 6.07) is 8.04. The summed E-state index contributed by atoms with van der Waals surface area (Å²) in [4.78, 5) is 31.3. The van der Waals surface area contributed by atoms with Crippen LogP contribution in [0.4, 0.5) is 5.69 Å². The van der Waals surface area contributed by atoms with Crippen LogP contribution in [0.15, 0.2) is 24.3 Å². The second kappa shape index (κ2) is 10.4. The van der Waals surface area contributed by atoms with E-state index in [1.54, 1.807) is 7.05 Å². The number of aryl methyl sites for hydroxylation is 1. The molecule has 1 aromatic carbocycles. The predicted octanol–water partition coefficient (Wildman–Crippen LogP) is 1.97. The Bertz CT molecular complexity index is 714. The number of likely N-dealkylation sites (tertiary alicyclic amines) is 1. The first-order chi connectivity index (χ1) is 14.3. The number of ether oxygens (including phenoxy) is 1. The van der Waals surface area contributed by atoms with Crippen LogP contribution in [-0.2, 0) is 14.3 Å². The van der Waals surface area contributed by atoms with Gasteiger partial charge in [-0.15, -0.1) is 0 Å². The summed E-state index contributed by atoms with van der Waals surface area (Å²) in [5.41, 5.74) is 1.89. The quantitative estimate of drug-likeness (QED) is 0.736. The maximum atomic E-state index is 12.7. The summed E-state index contributed by atoms with van der Waals surface area (Å²) >= 11 is 0. The third-order valence-corrected chi connectivity index (χ3v) is 5.94. The Labute approximate surface area is 180 Å². The molecule has 2 fully saturated rings. The van der Waals surface area contributed by atoms with E-state index < -0.39 is 0 Å². The van der Waals surface area contributed by atoms with Crippen LogP contribution in [0.1, 0.15) is 32.3 Å². The molecule has 7 nitrogen and oxygen atoms in total. The van der Waals surface area contributed by atoms with E-state index in [-0.39, 0.29) is 30.6 Å². The average Bonchev–Trinajstić information content (AvgIpc) is 3.09. The van der Waals surface area contributed by atoms with E-state index in [4.69, 9.17) is 4.74 Å². The molecule has 2 heterocycles. The lowest BCUT2D eigenvalue weighted by Crippen LogP contribution is -2.51. The third kappa shape index (κ3) is 6.52. The lowest BCUT2D eigenvalue weighted by atomic mass is 10.1. The summed E-state index contributed by atoms with van der Waals surface area (Å²) in [5.74, 6) is -0.186. The first kappa shape index (κ1) is 22.7. The fraction of sp³-hybridized carbons (Fsp3) is 0.652. The van der Waals surface area contributed by atoms with Crippen molar-refractivity contribution < 1.29 is 14.3 Å². The second-order valence-corrected chi connectivity index (χ2v) is 8.91. The zero-order valence-corrected chi connectivity index (χ0v) is 18.8. The molecule has 1 N–H and O–H groups in total. The molecule has 0 saturated carbocycles. The summed E-state index contributed by atoms with van der Waals surface area (Å²) in [6.07, 6.45) is 2.74. The molecule has 0 aliphatic carbocycles. The number of rotatable bonds is 7. The van der Waals surface area contributed by atoms with Gasteiger partial charge in [-0.25, -0.2) is 0 Å². The number of hydrogen-bond donors (Lipinski definition) is 1. The molecule has 3 atom stereocenters. The van der Waals surface area contributed by atoms with Crippen LogP contribution in [0.5, 0.6) is 0 Å². The van der Waals surface area contributed by atoms with Crippen LogP contribution in [0, 0.1) is 6.92 Å². The van der Waals surface area contributed by atoms with Crippen molar-refractivity contribution in [1.29, 1.82) is 0 Å². The van der Waals surface area contributed by atoms with Gasteiger partial charge in [-0.05, 0) is 52.3 Å². The van der Waals surface area contributed by atoms with Crippen molar-refractivity contribution in [2.45, 2.75) is 51.9 Å². The van der Waals surface area contributed by atoms with Crippen molar-refractivity contribution in [1.82, 2.24) is 14.7 Å². The van der Waals surface area contributed by atoms with Gasteiger partial charge < -0.3 is 15.0 Å². The molecule has 2 saturated heterocycles. The molecule has 3 unspecified atom stereocenters. The van der Waals surface area contributed by atoms with E-state index in [1.165, 1.54) is 4.90 Å². The molecular formula is C23H36N4O3. The van der Waals surface area contributed by atoms with Crippen molar-refractivity contribution in [3.8, 4) is 0 Å². The molecule has 7 heteroatoms.